The van der Waals surface area contributed by atoms with Gasteiger partial charge < -0.3 is 15.0 Å². The number of piperazine rings is 1. The van der Waals surface area contributed by atoms with Gasteiger partial charge in [-0.3, -0.25) is 4.79 Å². The van der Waals surface area contributed by atoms with Crippen LogP contribution in [-0.2, 0) is 14.8 Å². The highest BCUT2D eigenvalue weighted by molar-refractivity contribution is 7.89. The maximum Gasteiger partial charge on any atom is 0.255 e. The quantitative estimate of drug-likeness (QED) is 0.779. The number of hydrogen-bond donors (Lipinski definition) is 1. The van der Waals surface area contributed by atoms with Crippen LogP contribution in [0.5, 0.6) is 5.75 Å². The molecule has 158 valence electrons. The van der Waals surface area contributed by atoms with E-state index in [4.69, 9.17) is 16.3 Å². The largest absolute Gasteiger partial charge is 0.488 e. The molecule has 1 N–H and O–H groups in total. The molecule has 1 fully saturated rings. The van der Waals surface area contributed by atoms with Crippen molar-refractivity contribution in [3.63, 3.8) is 0 Å². The van der Waals surface area contributed by atoms with Crippen LogP contribution in [-0.4, -0.2) is 63.4 Å². The average Bonchev–Trinajstić information content (AvgIpc) is 2.74. The molecule has 0 bridgehead atoms. The van der Waals surface area contributed by atoms with Crippen molar-refractivity contribution in [1.82, 2.24) is 9.21 Å². The van der Waals surface area contributed by atoms with Crippen molar-refractivity contribution >= 4 is 39.3 Å². The number of fused-ring (bicyclic) bond motifs is 1. The van der Waals surface area contributed by atoms with Crippen molar-refractivity contribution in [3.05, 3.63) is 58.6 Å². The van der Waals surface area contributed by atoms with Crippen molar-refractivity contribution in [3.8, 4) is 5.75 Å². The van der Waals surface area contributed by atoms with Gasteiger partial charge in [-0.2, -0.15) is 4.31 Å². The summed E-state index contributed by atoms with van der Waals surface area (Å²) >= 11 is 6.01. The van der Waals surface area contributed by atoms with Crippen LogP contribution in [0.15, 0.2) is 52.9 Å². The number of halogens is 1. The van der Waals surface area contributed by atoms with Gasteiger partial charge in [-0.15, -0.1) is 0 Å². The number of rotatable bonds is 4. The Kier molecular flexibility index (Phi) is 5.84. The van der Waals surface area contributed by atoms with Crippen molar-refractivity contribution in [1.29, 1.82) is 0 Å². The summed E-state index contributed by atoms with van der Waals surface area (Å²) in [6, 6.07) is 11.5. The number of hydrogen-bond acceptors (Lipinski definition) is 5. The van der Waals surface area contributed by atoms with Gasteiger partial charge in [0, 0.05) is 42.5 Å². The molecule has 0 aromatic heterocycles. The molecule has 1 saturated heterocycles. The zero-order valence-electron chi connectivity index (χ0n) is 16.5. The molecule has 0 radical (unpaired) electrons. The number of ether oxygens (including phenoxy) is 1. The molecule has 2 aromatic carbocycles. The lowest BCUT2D eigenvalue weighted by atomic mass is 10.1. The van der Waals surface area contributed by atoms with Gasteiger partial charge in [0.1, 0.15) is 12.4 Å². The fourth-order valence-corrected chi connectivity index (χ4v) is 4.98. The summed E-state index contributed by atoms with van der Waals surface area (Å²) < 4.78 is 32.7. The van der Waals surface area contributed by atoms with Crippen LogP contribution in [0.2, 0.25) is 5.02 Å². The van der Waals surface area contributed by atoms with E-state index in [0.29, 0.717) is 48.2 Å². The topological polar surface area (TPSA) is 79.0 Å². The van der Waals surface area contributed by atoms with Crippen LogP contribution in [0.4, 0.5) is 5.69 Å². The van der Waals surface area contributed by atoms with Gasteiger partial charge in [-0.25, -0.2) is 8.42 Å². The number of sulfonamides is 1. The van der Waals surface area contributed by atoms with Crippen LogP contribution in [0, 0.1) is 0 Å². The Morgan fingerprint density at radius 3 is 2.47 bits per heavy atom. The molecular weight excluding hydrogens is 426 g/mol. The molecule has 0 unspecified atom stereocenters. The third-order valence-electron chi connectivity index (χ3n) is 5.19. The minimum atomic E-state index is -3.54. The molecule has 2 heterocycles. The first-order valence-electron chi connectivity index (χ1n) is 9.56. The number of likely N-dealkylation sites (N-methyl/N-ethyl adjacent to an activating group) is 1. The second-order valence-electron chi connectivity index (χ2n) is 7.33. The Morgan fingerprint density at radius 1 is 1.07 bits per heavy atom. The highest BCUT2D eigenvalue weighted by atomic mass is 35.5. The Bertz CT molecular complexity index is 1090. The van der Waals surface area contributed by atoms with Gasteiger partial charge in [0.25, 0.3) is 5.91 Å². The third kappa shape index (κ3) is 4.37. The van der Waals surface area contributed by atoms with Crippen molar-refractivity contribution < 1.29 is 17.9 Å². The van der Waals surface area contributed by atoms with E-state index >= 15 is 0 Å². The number of carbonyl (C=O) groups excluding carboxylic acids is 1. The predicted octanol–water partition coefficient (Wildman–Crippen LogP) is 2.69. The number of nitrogens with zero attached hydrogens (tertiary/aromatic N) is 2. The number of amides is 1. The number of anilines is 1. The molecule has 0 saturated carbocycles. The summed E-state index contributed by atoms with van der Waals surface area (Å²) in [4.78, 5) is 14.9. The van der Waals surface area contributed by atoms with Gasteiger partial charge in [-0.05, 0) is 55.6 Å². The Labute approximate surface area is 180 Å². The van der Waals surface area contributed by atoms with Gasteiger partial charge >= 0.3 is 0 Å². The maximum atomic E-state index is 12.8. The summed E-state index contributed by atoms with van der Waals surface area (Å²) in [5, 5.41) is 3.35. The summed E-state index contributed by atoms with van der Waals surface area (Å²) in [6.07, 6.45) is 1.74. The fourth-order valence-electron chi connectivity index (χ4n) is 3.38. The van der Waals surface area contributed by atoms with Crippen molar-refractivity contribution in [2.24, 2.45) is 0 Å². The molecule has 2 aliphatic rings. The molecule has 0 aliphatic carbocycles. The van der Waals surface area contributed by atoms with E-state index in [9.17, 15) is 13.2 Å². The minimum Gasteiger partial charge on any atom is -0.488 e. The first-order valence-corrected chi connectivity index (χ1v) is 11.4. The van der Waals surface area contributed by atoms with Gasteiger partial charge in [0.05, 0.1) is 10.5 Å². The average molecular weight is 448 g/mol. The summed E-state index contributed by atoms with van der Waals surface area (Å²) in [5.74, 6) is 0.365. The van der Waals surface area contributed by atoms with E-state index < -0.39 is 10.0 Å². The van der Waals surface area contributed by atoms with Crippen LogP contribution in [0.3, 0.4) is 0 Å². The predicted molar refractivity (Wildman–Crippen MR) is 116 cm³/mol. The van der Waals surface area contributed by atoms with Crippen molar-refractivity contribution in [2.45, 2.75) is 4.90 Å². The van der Waals surface area contributed by atoms with E-state index in [2.05, 4.69) is 10.2 Å². The smallest absolute Gasteiger partial charge is 0.255 e. The molecule has 4 rings (SSSR count). The highest BCUT2D eigenvalue weighted by Crippen LogP contribution is 2.29. The second-order valence-corrected chi connectivity index (χ2v) is 9.70. The molecule has 1 amide bonds. The minimum absolute atomic E-state index is 0.149. The molecule has 7 nitrogen and oxygen atoms in total. The lowest BCUT2D eigenvalue weighted by molar-refractivity contribution is -0.113. The van der Waals surface area contributed by atoms with Gasteiger partial charge in [0.2, 0.25) is 10.0 Å². The highest BCUT2D eigenvalue weighted by Gasteiger charge is 2.27. The first-order chi connectivity index (χ1) is 14.3. The van der Waals surface area contributed by atoms with Crippen LogP contribution >= 0.6 is 11.6 Å². The van der Waals surface area contributed by atoms with E-state index in [1.807, 2.05) is 7.05 Å². The SMILES string of the molecule is CN1CCN(S(=O)(=O)c2ccc(NC(=O)C3=Cc4cc(Cl)ccc4OC3)cc2)CC1. The Balaban J connectivity index is 1.45. The summed E-state index contributed by atoms with van der Waals surface area (Å²) in [7, 11) is -1.56. The summed E-state index contributed by atoms with van der Waals surface area (Å²) in [5.41, 5.74) is 1.71. The summed E-state index contributed by atoms with van der Waals surface area (Å²) in [6.45, 7) is 2.50. The van der Waals surface area contributed by atoms with E-state index in [1.165, 1.54) is 16.4 Å². The van der Waals surface area contributed by atoms with E-state index in [0.717, 1.165) is 5.56 Å². The molecule has 0 atom stereocenters. The number of carbonyl (C=O) groups is 1. The van der Waals surface area contributed by atoms with Gasteiger partial charge in [0.15, 0.2) is 0 Å². The molecule has 2 aromatic rings. The lowest BCUT2D eigenvalue weighted by Gasteiger charge is -2.31. The molecular formula is C21H22ClN3O4S. The zero-order valence-corrected chi connectivity index (χ0v) is 18.0. The monoisotopic (exact) mass is 447 g/mol. The molecule has 30 heavy (non-hydrogen) atoms. The van der Waals surface area contributed by atoms with Crippen LogP contribution in [0.25, 0.3) is 6.08 Å². The normalized spacial score (nSPS) is 17.6. The third-order valence-corrected chi connectivity index (χ3v) is 7.34. The van der Waals surface area contributed by atoms with E-state index in [1.54, 1.807) is 36.4 Å². The Hall–Kier alpha value is -2.39. The Morgan fingerprint density at radius 2 is 1.77 bits per heavy atom. The zero-order chi connectivity index (χ0) is 21.3. The first kappa shape index (κ1) is 20.9. The van der Waals surface area contributed by atoms with Gasteiger partial charge in [-0.1, -0.05) is 11.6 Å². The fraction of sp³-hybridized carbons (Fsp3) is 0.286. The lowest BCUT2D eigenvalue weighted by Crippen LogP contribution is -2.46. The van der Waals surface area contributed by atoms with E-state index in [-0.39, 0.29) is 17.4 Å². The molecule has 9 heteroatoms. The number of benzene rings is 2. The second kappa shape index (κ2) is 8.39. The molecule has 0 spiro atoms. The standard InChI is InChI=1S/C21H22ClN3O4S/c1-24-8-10-25(11-9-24)30(27,28)19-5-3-18(4-6-19)23-21(26)16-12-15-13-17(22)2-7-20(15)29-14-16/h2-7,12-13H,8-11,14H2,1H3,(H,23,26). The van der Waals surface area contributed by atoms with Crippen LogP contribution < -0.4 is 10.1 Å². The maximum absolute atomic E-state index is 12.8. The van der Waals surface area contributed by atoms with Crippen LogP contribution in [0.1, 0.15) is 5.56 Å². The number of nitrogens with one attached hydrogen (secondary N) is 1. The van der Waals surface area contributed by atoms with Crippen molar-refractivity contribution in [2.75, 3.05) is 45.2 Å². The molecule has 2 aliphatic heterocycles.